The number of carbonyl (C=O) groups excluding carboxylic acids is 2. The Labute approximate surface area is 207 Å². The molecule has 0 spiro atoms. The van der Waals surface area contributed by atoms with Crippen LogP contribution in [0.4, 0.5) is 13.6 Å². The van der Waals surface area contributed by atoms with E-state index in [-0.39, 0.29) is 34.9 Å². The fourth-order valence-electron chi connectivity index (χ4n) is 4.01. The van der Waals surface area contributed by atoms with Gasteiger partial charge in [0.15, 0.2) is 23.0 Å². The van der Waals surface area contributed by atoms with Crippen LogP contribution >= 0.6 is 0 Å². The number of rotatable bonds is 9. The second kappa shape index (κ2) is 11.1. The molecule has 1 aromatic carbocycles. The van der Waals surface area contributed by atoms with E-state index in [1.807, 2.05) is 0 Å². The van der Waals surface area contributed by atoms with Gasteiger partial charge in [-0.15, -0.1) is 0 Å². The van der Waals surface area contributed by atoms with Crippen molar-refractivity contribution in [2.75, 3.05) is 26.8 Å². The molecule has 1 aliphatic heterocycles. The number of nitrogens with one attached hydrogen (secondary N) is 1. The number of piperidine rings is 1. The Hall–Kier alpha value is -3.41. The Morgan fingerprint density at radius 3 is 2.72 bits per heavy atom. The Bertz CT molecular complexity index is 1090. The smallest absolute Gasteiger partial charge is 0.409 e. The van der Waals surface area contributed by atoms with Crippen LogP contribution in [0.25, 0.3) is 11.5 Å². The van der Waals surface area contributed by atoms with Crippen molar-refractivity contribution in [3.63, 3.8) is 0 Å². The monoisotopic (exact) mass is 508 g/mol. The van der Waals surface area contributed by atoms with Gasteiger partial charge in [-0.05, 0) is 56.7 Å². The highest BCUT2D eigenvalue weighted by Crippen LogP contribution is 2.37. The number of nitrogens with zero attached hydrogens (tertiary/aromatic N) is 2. The lowest BCUT2D eigenvalue weighted by Crippen LogP contribution is -2.49. The van der Waals surface area contributed by atoms with Crippen LogP contribution < -0.4 is 20.5 Å². The Morgan fingerprint density at radius 2 is 2.06 bits per heavy atom. The van der Waals surface area contributed by atoms with Crippen molar-refractivity contribution in [3.8, 4) is 23.0 Å². The standard InChI is InChI=1S/C24H30F2N4O6/c1-13(27)20-19(21(31)28-16-4-3-9-30(11-16)24(32)33-2)29-22(36-20)15-7-8-17(35-23(25)26)18(10-15)34-12-14-5-6-14/h7-8,10,13-14,16,23H,3-6,9,11-12,27H2,1-2H3,(H,28,31). The van der Waals surface area contributed by atoms with Gasteiger partial charge in [0.2, 0.25) is 5.89 Å². The van der Waals surface area contributed by atoms with Gasteiger partial charge in [-0.25, -0.2) is 9.78 Å². The van der Waals surface area contributed by atoms with Crippen LogP contribution in [0.3, 0.4) is 0 Å². The van der Waals surface area contributed by atoms with E-state index >= 15 is 0 Å². The lowest BCUT2D eigenvalue weighted by atomic mass is 10.1. The predicted molar refractivity (Wildman–Crippen MR) is 124 cm³/mol. The highest BCUT2D eigenvalue weighted by Gasteiger charge is 2.29. The first-order valence-corrected chi connectivity index (χ1v) is 11.9. The van der Waals surface area contributed by atoms with Crippen molar-refractivity contribution in [1.82, 2.24) is 15.2 Å². The fraction of sp³-hybridized carbons (Fsp3) is 0.542. The maximum atomic E-state index is 13.1. The van der Waals surface area contributed by atoms with E-state index < -0.39 is 24.7 Å². The van der Waals surface area contributed by atoms with Crippen LogP contribution in [0.1, 0.15) is 54.9 Å². The summed E-state index contributed by atoms with van der Waals surface area (Å²) in [6.07, 6.45) is 3.00. The van der Waals surface area contributed by atoms with Crippen molar-refractivity contribution < 1.29 is 37.0 Å². The van der Waals surface area contributed by atoms with Crippen molar-refractivity contribution in [3.05, 3.63) is 29.7 Å². The van der Waals surface area contributed by atoms with Crippen LogP contribution in [0.2, 0.25) is 0 Å². The number of likely N-dealkylation sites (tertiary alicyclic amines) is 1. The molecule has 1 aliphatic carbocycles. The van der Waals surface area contributed by atoms with Crippen LogP contribution in [-0.2, 0) is 4.74 Å². The first kappa shape index (κ1) is 25.7. The minimum Gasteiger partial charge on any atom is -0.489 e. The highest BCUT2D eigenvalue weighted by molar-refractivity contribution is 5.94. The number of hydrogen-bond acceptors (Lipinski definition) is 8. The minimum atomic E-state index is -3.00. The molecule has 2 heterocycles. The van der Waals surface area contributed by atoms with Crippen LogP contribution in [-0.4, -0.2) is 61.3 Å². The number of hydrogen-bond donors (Lipinski definition) is 2. The van der Waals surface area contributed by atoms with Crippen LogP contribution in [0.5, 0.6) is 11.5 Å². The summed E-state index contributed by atoms with van der Waals surface area (Å²) < 4.78 is 46.6. The van der Waals surface area contributed by atoms with Gasteiger partial charge in [0.05, 0.1) is 19.8 Å². The third kappa shape index (κ3) is 6.23. The second-order valence-corrected chi connectivity index (χ2v) is 9.04. The van der Waals surface area contributed by atoms with E-state index in [1.165, 1.54) is 30.2 Å². The number of aromatic nitrogens is 1. The van der Waals surface area contributed by atoms with Gasteiger partial charge in [0.1, 0.15) is 0 Å². The largest absolute Gasteiger partial charge is 0.489 e. The van der Waals surface area contributed by atoms with E-state index in [2.05, 4.69) is 15.0 Å². The zero-order chi connectivity index (χ0) is 25.8. The summed E-state index contributed by atoms with van der Waals surface area (Å²) in [5.41, 5.74) is 6.47. The molecular weight excluding hydrogens is 478 g/mol. The summed E-state index contributed by atoms with van der Waals surface area (Å²) in [7, 11) is 1.31. The Morgan fingerprint density at radius 1 is 1.28 bits per heavy atom. The molecule has 4 rings (SSSR count). The number of amides is 2. The first-order chi connectivity index (χ1) is 17.2. The number of benzene rings is 1. The number of oxazole rings is 1. The lowest BCUT2D eigenvalue weighted by Gasteiger charge is -2.31. The van der Waals surface area contributed by atoms with Crippen molar-refractivity contribution in [2.45, 2.75) is 51.3 Å². The molecule has 2 atom stereocenters. The maximum absolute atomic E-state index is 13.1. The normalized spacial score (nSPS) is 18.6. The summed E-state index contributed by atoms with van der Waals surface area (Å²) in [6.45, 7) is -0.101. The molecule has 10 nitrogen and oxygen atoms in total. The highest BCUT2D eigenvalue weighted by atomic mass is 19.3. The van der Waals surface area contributed by atoms with Crippen LogP contribution in [0, 0.1) is 5.92 Å². The number of carbonyl (C=O) groups is 2. The summed E-state index contributed by atoms with van der Waals surface area (Å²) in [5, 5.41) is 2.89. The van der Waals surface area contributed by atoms with Gasteiger partial charge in [-0.2, -0.15) is 8.78 Å². The SMILES string of the molecule is COC(=O)N1CCCC(NC(=O)c2nc(-c3ccc(OC(F)F)c(OCC4CC4)c3)oc2C(C)N)C1. The Balaban J connectivity index is 1.55. The zero-order valence-corrected chi connectivity index (χ0v) is 20.2. The molecule has 196 valence electrons. The molecule has 3 N–H and O–H groups in total. The molecular formula is C24H30F2N4O6. The fourth-order valence-corrected chi connectivity index (χ4v) is 4.01. The molecule has 2 aromatic rings. The van der Waals surface area contributed by atoms with Crippen molar-refractivity contribution in [1.29, 1.82) is 0 Å². The number of methoxy groups -OCH3 is 1. The topological polar surface area (TPSA) is 129 Å². The average molecular weight is 509 g/mol. The molecule has 2 unspecified atom stereocenters. The van der Waals surface area contributed by atoms with Gasteiger partial charge in [-0.3, -0.25) is 4.79 Å². The number of halogens is 2. The summed E-state index contributed by atoms with van der Waals surface area (Å²) in [5.74, 6) is 0.209. The van der Waals surface area contributed by atoms with Gasteiger partial charge in [0.25, 0.3) is 5.91 Å². The molecule has 0 bridgehead atoms. The van der Waals surface area contributed by atoms with Crippen molar-refractivity contribution >= 4 is 12.0 Å². The van der Waals surface area contributed by atoms with E-state index in [9.17, 15) is 18.4 Å². The molecule has 36 heavy (non-hydrogen) atoms. The number of nitrogens with two attached hydrogens (primary N) is 1. The van der Waals surface area contributed by atoms with Crippen LogP contribution in [0.15, 0.2) is 22.6 Å². The first-order valence-electron chi connectivity index (χ1n) is 11.9. The minimum absolute atomic E-state index is 0.0172. The van der Waals surface area contributed by atoms with Gasteiger partial charge >= 0.3 is 12.7 Å². The molecule has 1 aromatic heterocycles. The van der Waals surface area contributed by atoms with E-state index in [4.69, 9.17) is 19.6 Å². The third-order valence-corrected chi connectivity index (χ3v) is 6.05. The quantitative estimate of drug-likeness (QED) is 0.525. The van der Waals surface area contributed by atoms with E-state index in [1.54, 1.807) is 6.92 Å². The predicted octanol–water partition coefficient (Wildman–Crippen LogP) is 3.71. The maximum Gasteiger partial charge on any atom is 0.409 e. The molecule has 1 saturated heterocycles. The average Bonchev–Trinajstić information content (AvgIpc) is 3.57. The van der Waals surface area contributed by atoms with Gasteiger partial charge in [0, 0.05) is 24.7 Å². The zero-order valence-electron chi connectivity index (χ0n) is 20.2. The Kier molecular flexibility index (Phi) is 7.92. The summed E-state index contributed by atoms with van der Waals surface area (Å²) in [4.78, 5) is 30.9. The summed E-state index contributed by atoms with van der Waals surface area (Å²) >= 11 is 0. The van der Waals surface area contributed by atoms with Crippen molar-refractivity contribution in [2.24, 2.45) is 11.7 Å². The molecule has 2 aliphatic rings. The molecule has 0 radical (unpaired) electrons. The molecule has 12 heteroatoms. The third-order valence-electron chi connectivity index (χ3n) is 6.05. The lowest BCUT2D eigenvalue weighted by molar-refractivity contribution is -0.0515. The van der Waals surface area contributed by atoms with E-state index in [0.29, 0.717) is 44.0 Å². The molecule has 2 amide bonds. The van der Waals surface area contributed by atoms with Gasteiger partial charge < -0.3 is 34.6 Å². The molecule has 2 fully saturated rings. The number of ether oxygens (including phenoxy) is 3. The molecule has 1 saturated carbocycles. The van der Waals surface area contributed by atoms with E-state index in [0.717, 1.165) is 12.8 Å². The summed E-state index contributed by atoms with van der Waals surface area (Å²) in [6, 6.07) is 3.41. The van der Waals surface area contributed by atoms with Gasteiger partial charge in [-0.1, -0.05) is 0 Å². The number of alkyl halides is 2. The second-order valence-electron chi connectivity index (χ2n) is 9.04.